The lowest BCUT2D eigenvalue weighted by Gasteiger charge is -2.25. The zero-order chi connectivity index (χ0) is 21.7. The fourth-order valence-electron chi connectivity index (χ4n) is 4.45. The van der Waals surface area contributed by atoms with Gasteiger partial charge in [0.05, 0.1) is 17.8 Å². The van der Waals surface area contributed by atoms with Crippen LogP contribution in [0.3, 0.4) is 0 Å². The number of carbonyl (C=O) groups excluding carboxylic acids is 1. The molecule has 31 heavy (non-hydrogen) atoms. The van der Waals surface area contributed by atoms with E-state index >= 15 is 0 Å². The van der Waals surface area contributed by atoms with E-state index in [1.165, 1.54) is 12.1 Å². The van der Waals surface area contributed by atoms with E-state index in [1.54, 1.807) is 34.8 Å². The molecule has 0 saturated carbocycles. The summed E-state index contributed by atoms with van der Waals surface area (Å²) in [5, 5.41) is 4.21. The highest BCUT2D eigenvalue weighted by Gasteiger charge is 2.42. The molecule has 3 aromatic rings. The molecule has 2 aliphatic rings. The predicted octanol–water partition coefficient (Wildman–Crippen LogP) is 3.08. The zero-order valence-electron chi connectivity index (χ0n) is 17.3. The number of benzene rings is 2. The Hall–Kier alpha value is -3.26. The fourth-order valence-corrected chi connectivity index (χ4v) is 4.45. The normalized spacial score (nSPS) is 20.9. The van der Waals surface area contributed by atoms with E-state index in [-0.39, 0.29) is 23.6 Å². The average molecular weight is 424 g/mol. The third-order valence-electron chi connectivity index (χ3n) is 6.03. The van der Waals surface area contributed by atoms with Crippen molar-refractivity contribution in [3.63, 3.8) is 0 Å². The van der Waals surface area contributed by atoms with Gasteiger partial charge in [0.2, 0.25) is 0 Å². The summed E-state index contributed by atoms with van der Waals surface area (Å²) in [6.45, 7) is 2.07. The number of halogens is 2. The molecule has 2 aromatic carbocycles. The van der Waals surface area contributed by atoms with Crippen LogP contribution in [0.1, 0.15) is 15.9 Å². The van der Waals surface area contributed by atoms with Crippen molar-refractivity contribution in [1.29, 1.82) is 0 Å². The van der Waals surface area contributed by atoms with Crippen molar-refractivity contribution in [2.75, 3.05) is 20.1 Å². The monoisotopic (exact) mass is 424 g/mol. The molecule has 0 radical (unpaired) electrons. The van der Waals surface area contributed by atoms with Gasteiger partial charge in [-0.25, -0.2) is 8.78 Å². The highest BCUT2D eigenvalue weighted by atomic mass is 19.1. The summed E-state index contributed by atoms with van der Waals surface area (Å²) < 4.78 is 35.7. The summed E-state index contributed by atoms with van der Waals surface area (Å²) in [5.41, 5.74) is 2.35. The predicted molar refractivity (Wildman–Crippen MR) is 111 cm³/mol. The van der Waals surface area contributed by atoms with Gasteiger partial charge in [-0.3, -0.25) is 14.4 Å². The number of hydrogen-bond acceptors (Lipinski definition) is 4. The number of amides is 1. The van der Waals surface area contributed by atoms with Gasteiger partial charge in [0.25, 0.3) is 5.91 Å². The van der Waals surface area contributed by atoms with Crippen molar-refractivity contribution in [3.8, 4) is 16.9 Å². The molecule has 160 valence electrons. The lowest BCUT2D eigenvalue weighted by molar-refractivity contribution is 0.0682. The smallest absolute Gasteiger partial charge is 0.257 e. The Bertz CT molecular complexity index is 1160. The molecule has 2 atom stereocenters. The van der Waals surface area contributed by atoms with Crippen molar-refractivity contribution in [3.05, 3.63) is 71.6 Å². The maximum atomic E-state index is 14.3. The van der Waals surface area contributed by atoms with Crippen LogP contribution in [-0.2, 0) is 13.6 Å². The van der Waals surface area contributed by atoms with Crippen LogP contribution in [0.4, 0.5) is 8.78 Å². The Morgan fingerprint density at radius 3 is 2.65 bits per heavy atom. The molecule has 2 aliphatic heterocycles. The number of aryl methyl sites for hydroxylation is 1. The minimum atomic E-state index is -0.654. The summed E-state index contributed by atoms with van der Waals surface area (Å²) in [4.78, 5) is 17.1. The summed E-state index contributed by atoms with van der Waals surface area (Å²) in [6.07, 6.45) is 3.60. The number of nitrogens with zero attached hydrogens (tertiary/aromatic N) is 4. The Balaban J connectivity index is 1.44. The number of likely N-dealkylation sites (tertiary alicyclic amines) is 1. The summed E-state index contributed by atoms with van der Waals surface area (Å²) in [7, 11) is 3.67. The van der Waals surface area contributed by atoms with E-state index < -0.39 is 11.6 Å². The van der Waals surface area contributed by atoms with Crippen LogP contribution >= 0.6 is 0 Å². The largest absolute Gasteiger partial charge is 0.486 e. The third-order valence-corrected chi connectivity index (χ3v) is 6.03. The molecular weight excluding hydrogens is 402 g/mol. The molecule has 1 saturated heterocycles. The Morgan fingerprint density at radius 1 is 1.10 bits per heavy atom. The van der Waals surface area contributed by atoms with Crippen LogP contribution < -0.4 is 4.74 Å². The standard InChI is InChI=1S/C23H22F2N4O2/c1-27-10-14(9-26-27)11-29-12-20-22(13-29)31-21-7-15(3-5-18(21)23(30)28(20)2)17-6-4-16(24)8-19(17)25/h3-10,20,22H,11-13H2,1-2H3. The second-order valence-electron chi connectivity index (χ2n) is 8.19. The molecule has 5 rings (SSSR count). The van der Waals surface area contributed by atoms with Gasteiger partial charge in [0, 0.05) is 57.1 Å². The van der Waals surface area contributed by atoms with E-state index in [4.69, 9.17) is 4.74 Å². The molecule has 6 nitrogen and oxygen atoms in total. The molecule has 8 heteroatoms. The highest BCUT2D eigenvalue weighted by Crippen LogP contribution is 2.35. The van der Waals surface area contributed by atoms with Gasteiger partial charge in [-0.1, -0.05) is 6.07 Å². The van der Waals surface area contributed by atoms with E-state index in [0.717, 1.165) is 18.2 Å². The number of aromatic nitrogens is 2. The SMILES string of the molecule is CN1C(=O)c2ccc(-c3ccc(F)cc3F)cc2OC2CN(Cc3cnn(C)c3)CC21. The average Bonchev–Trinajstić information content (AvgIpc) is 3.30. The first-order valence-electron chi connectivity index (χ1n) is 10.1. The van der Waals surface area contributed by atoms with Crippen LogP contribution in [0.5, 0.6) is 5.75 Å². The number of ether oxygens (including phenoxy) is 1. The van der Waals surface area contributed by atoms with Crippen molar-refractivity contribution in [1.82, 2.24) is 19.6 Å². The van der Waals surface area contributed by atoms with Crippen molar-refractivity contribution in [2.45, 2.75) is 18.7 Å². The Morgan fingerprint density at radius 2 is 1.90 bits per heavy atom. The quantitative estimate of drug-likeness (QED) is 0.649. The first-order chi connectivity index (χ1) is 14.9. The molecule has 0 N–H and O–H groups in total. The van der Waals surface area contributed by atoms with E-state index in [0.29, 0.717) is 30.0 Å². The number of likely N-dealkylation sites (N-methyl/N-ethyl adjacent to an activating group) is 1. The summed E-state index contributed by atoms with van der Waals surface area (Å²) >= 11 is 0. The minimum Gasteiger partial charge on any atom is -0.486 e. The van der Waals surface area contributed by atoms with E-state index in [9.17, 15) is 13.6 Å². The first kappa shape index (κ1) is 19.7. The number of carbonyl (C=O) groups is 1. The van der Waals surface area contributed by atoms with Crippen molar-refractivity contribution < 1.29 is 18.3 Å². The molecule has 1 aromatic heterocycles. The van der Waals surface area contributed by atoms with Gasteiger partial charge in [-0.05, 0) is 29.8 Å². The van der Waals surface area contributed by atoms with Gasteiger partial charge in [-0.2, -0.15) is 5.10 Å². The number of hydrogen-bond donors (Lipinski definition) is 0. The molecular formula is C23H22F2N4O2. The summed E-state index contributed by atoms with van der Waals surface area (Å²) in [6, 6.07) is 8.36. The van der Waals surface area contributed by atoms with Gasteiger partial charge >= 0.3 is 0 Å². The second kappa shape index (κ2) is 7.46. The van der Waals surface area contributed by atoms with Crippen LogP contribution in [0.15, 0.2) is 48.8 Å². The Labute approximate surface area is 178 Å². The van der Waals surface area contributed by atoms with Crippen LogP contribution in [0.2, 0.25) is 0 Å². The molecule has 0 bridgehead atoms. The van der Waals surface area contributed by atoms with Crippen LogP contribution in [0, 0.1) is 11.6 Å². The zero-order valence-corrected chi connectivity index (χ0v) is 17.3. The highest BCUT2D eigenvalue weighted by molar-refractivity contribution is 5.98. The van der Waals surface area contributed by atoms with Gasteiger partial charge < -0.3 is 9.64 Å². The lowest BCUT2D eigenvalue weighted by Crippen LogP contribution is -2.44. The Kier molecular flexibility index (Phi) is 4.74. The third kappa shape index (κ3) is 3.57. The lowest BCUT2D eigenvalue weighted by atomic mass is 10.0. The van der Waals surface area contributed by atoms with Crippen LogP contribution in [0.25, 0.3) is 11.1 Å². The molecule has 0 aliphatic carbocycles. The van der Waals surface area contributed by atoms with Crippen LogP contribution in [-0.4, -0.2) is 57.8 Å². The van der Waals surface area contributed by atoms with Crippen molar-refractivity contribution in [2.24, 2.45) is 7.05 Å². The summed E-state index contributed by atoms with van der Waals surface area (Å²) in [5.74, 6) is -0.990. The fraction of sp³-hybridized carbons (Fsp3) is 0.304. The maximum Gasteiger partial charge on any atom is 0.257 e. The topological polar surface area (TPSA) is 50.6 Å². The molecule has 0 spiro atoms. The molecule has 2 unspecified atom stereocenters. The molecule has 3 heterocycles. The molecule has 1 amide bonds. The first-order valence-corrected chi connectivity index (χ1v) is 10.1. The second-order valence-corrected chi connectivity index (χ2v) is 8.19. The van der Waals surface area contributed by atoms with E-state index in [2.05, 4.69) is 10.00 Å². The molecule has 1 fully saturated rings. The van der Waals surface area contributed by atoms with Gasteiger partial charge in [0.1, 0.15) is 23.5 Å². The minimum absolute atomic E-state index is 0.0948. The van der Waals surface area contributed by atoms with Gasteiger partial charge in [-0.15, -0.1) is 0 Å². The number of fused-ring (bicyclic) bond motifs is 2. The number of rotatable bonds is 3. The van der Waals surface area contributed by atoms with E-state index in [1.807, 2.05) is 19.4 Å². The van der Waals surface area contributed by atoms with Crippen molar-refractivity contribution >= 4 is 5.91 Å². The maximum absolute atomic E-state index is 14.3. The van der Waals surface area contributed by atoms with Gasteiger partial charge in [0.15, 0.2) is 0 Å².